The van der Waals surface area contributed by atoms with Crippen LogP contribution in [0, 0.1) is 23.2 Å². The molecule has 4 saturated carbocycles. The zero-order valence-electron chi connectivity index (χ0n) is 19.8. The van der Waals surface area contributed by atoms with E-state index in [4.69, 9.17) is 0 Å². The molecular weight excluding hydrogens is 453 g/mol. The van der Waals surface area contributed by atoms with Gasteiger partial charge in [-0.05, 0) is 79.7 Å². The fourth-order valence-electron chi connectivity index (χ4n) is 7.85. The van der Waals surface area contributed by atoms with Gasteiger partial charge in [0.1, 0.15) is 12.1 Å². The monoisotopic (exact) mass is 484 g/mol. The fourth-order valence-corrected chi connectivity index (χ4v) is 7.85. The van der Waals surface area contributed by atoms with E-state index in [9.17, 15) is 18.0 Å². The standard InChI is InChI=1S/C27H31F3N4O/c28-27(29,30)22-4-2-1-3-20(22)14-34-6-5-21-23(15-34)31-16-32-25(21)33-24(35)13-26-10-17-7-18(11-26)9-19(8-17)12-26/h1-4,16-19H,5-15H2,(H,31,32,33,35). The third-order valence-electron chi connectivity index (χ3n) is 8.76. The van der Waals surface area contributed by atoms with Crippen molar-refractivity contribution in [2.45, 2.75) is 70.6 Å². The molecule has 4 aliphatic carbocycles. The predicted molar refractivity (Wildman–Crippen MR) is 125 cm³/mol. The van der Waals surface area contributed by atoms with E-state index < -0.39 is 11.7 Å². The lowest BCUT2D eigenvalue weighted by Crippen LogP contribution is -2.47. The van der Waals surface area contributed by atoms with Gasteiger partial charge in [-0.15, -0.1) is 0 Å². The second-order valence-corrected chi connectivity index (χ2v) is 11.4. The van der Waals surface area contributed by atoms with E-state index >= 15 is 0 Å². The fraction of sp³-hybridized carbons (Fsp3) is 0.593. The van der Waals surface area contributed by atoms with Crippen LogP contribution in [0.2, 0.25) is 0 Å². The van der Waals surface area contributed by atoms with Gasteiger partial charge in [-0.3, -0.25) is 9.69 Å². The van der Waals surface area contributed by atoms with Crippen LogP contribution in [0.25, 0.3) is 0 Å². The highest BCUT2D eigenvalue weighted by atomic mass is 19.4. The van der Waals surface area contributed by atoms with Gasteiger partial charge in [0.2, 0.25) is 5.91 Å². The topological polar surface area (TPSA) is 58.1 Å². The minimum Gasteiger partial charge on any atom is -0.310 e. The molecule has 4 fully saturated rings. The lowest BCUT2D eigenvalue weighted by Gasteiger charge is -2.56. The van der Waals surface area contributed by atoms with Crippen LogP contribution in [0.3, 0.4) is 0 Å². The summed E-state index contributed by atoms with van der Waals surface area (Å²) in [6.07, 6.45) is 5.84. The van der Waals surface area contributed by atoms with Gasteiger partial charge in [-0.1, -0.05) is 18.2 Å². The van der Waals surface area contributed by atoms with E-state index in [-0.39, 0.29) is 23.4 Å². The number of alkyl halides is 3. The molecule has 7 rings (SSSR count). The summed E-state index contributed by atoms with van der Waals surface area (Å²) in [5, 5.41) is 3.08. The Hall–Kier alpha value is -2.48. The van der Waals surface area contributed by atoms with Gasteiger partial charge in [0, 0.05) is 31.6 Å². The Balaban J connectivity index is 1.13. The molecule has 1 aromatic heterocycles. The van der Waals surface area contributed by atoms with E-state index in [1.54, 1.807) is 6.07 Å². The predicted octanol–water partition coefficient (Wildman–Crippen LogP) is 5.60. The van der Waals surface area contributed by atoms with Crippen molar-refractivity contribution in [3.05, 3.63) is 53.0 Å². The second kappa shape index (κ2) is 8.57. The Bertz CT molecular complexity index is 1100. The van der Waals surface area contributed by atoms with E-state index in [1.165, 1.54) is 57.0 Å². The van der Waals surface area contributed by atoms with Gasteiger partial charge in [0.25, 0.3) is 0 Å². The van der Waals surface area contributed by atoms with Crippen LogP contribution in [0.5, 0.6) is 0 Å². The highest BCUT2D eigenvalue weighted by Gasteiger charge is 2.51. The summed E-state index contributed by atoms with van der Waals surface area (Å²) < 4.78 is 40.2. The van der Waals surface area contributed by atoms with Gasteiger partial charge >= 0.3 is 6.18 Å². The molecule has 0 atom stereocenters. The Morgan fingerprint density at radius 1 is 1.06 bits per heavy atom. The van der Waals surface area contributed by atoms with Crippen LogP contribution in [-0.2, 0) is 30.5 Å². The molecule has 1 amide bonds. The molecule has 35 heavy (non-hydrogen) atoms. The van der Waals surface area contributed by atoms with Crippen molar-refractivity contribution in [3.63, 3.8) is 0 Å². The number of carbonyl (C=O) groups is 1. The molecule has 2 aromatic rings. The normalized spacial score (nSPS) is 29.7. The van der Waals surface area contributed by atoms with Crippen molar-refractivity contribution in [1.82, 2.24) is 14.9 Å². The van der Waals surface area contributed by atoms with Gasteiger partial charge in [0.15, 0.2) is 0 Å². The number of aromatic nitrogens is 2. The minimum absolute atomic E-state index is 0.0365. The molecule has 1 aliphatic heterocycles. The van der Waals surface area contributed by atoms with E-state index in [1.807, 2.05) is 4.90 Å². The van der Waals surface area contributed by atoms with Crippen LogP contribution in [0.4, 0.5) is 19.0 Å². The van der Waals surface area contributed by atoms with E-state index in [0.717, 1.165) is 35.1 Å². The number of amides is 1. The molecule has 0 unspecified atom stereocenters. The number of benzene rings is 1. The summed E-state index contributed by atoms with van der Waals surface area (Å²) in [4.78, 5) is 23.9. The molecule has 4 bridgehead atoms. The smallest absolute Gasteiger partial charge is 0.310 e. The lowest BCUT2D eigenvalue weighted by molar-refractivity contribution is -0.138. The summed E-state index contributed by atoms with van der Waals surface area (Å²) in [5.74, 6) is 3.01. The van der Waals surface area contributed by atoms with Gasteiger partial charge in [0.05, 0.1) is 11.3 Å². The second-order valence-electron chi connectivity index (χ2n) is 11.4. The molecule has 0 spiro atoms. The summed E-state index contributed by atoms with van der Waals surface area (Å²) in [7, 11) is 0. The number of anilines is 1. The number of halogens is 3. The molecule has 1 aromatic carbocycles. The van der Waals surface area contributed by atoms with Crippen LogP contribution < -0.4 is 5.32 Å². The number of carbonyl (C=O) groups excluding carboxylic acids is 1. The van der Waals surface area contributed by atoms with Crippen molar-refractivity contribution in [2.24, 2.45) is 23.2 Å². The van der Waals surface area contributed by atoms with E-state index in [0.29, 0.717) is 31.7 Å². The molecular formula is C27H31F3N4O. The average Bonchev–Trinajstić information content (AvgIpc) is 2.77. The quantitative estimate of drug-likeness (QED) is 0.600. The molecule has 8 heteroatoms. The highest BCUT2D eigenvalue weighted by Crippen LogP contribution is 2.61. The first-order valence-corrected chi connectivity index (χ1v) is 12.8. The first-order chi connectivity index (χ1) is 16.8. The summed E-state index contributed by atoms with van der Waals surface area (Å²) in [5.41, 5.74) is 1.52. The summed E-state index contributed by atoms with van der Waals surface area (Å²) in [6, 6.07) is 5.73. The Labute approximate surface area is 203 Å². The number of hydrogen-bond acceptors (Lipinski definition) is 4. The SMILES string of the molecule is O=C(CC12CC3CC(CC(C3)C1)C2)Nc1ncnc2c1CCN(Cc1ccccc1C(F)(F)F)C2. The van der Waals surface area contributed by atoms with Crippen molar-refractivity contribution >= 4 is 11.7 Å². The first kappa shape index (κ1) is 23.0. The zero-order valence-corrected chi connectivity index (χ0v) is 19.8. The van der Waals surface area contributed by atoms with Crippen molar-refractivity contribution in [1.29, 1.82) is 0 Å². The maximum Gasteiger partial charge on any atom is 0.416 e. The lowest BCUT2D eigenvalue weighted by atomic mass is 9.49. The van der Waals surface area contributed by atoms with Crippen molar-refractivity contribution in [3.8, 4) is 0 Å². The molecule has 5 aliphatic rings. The molecule has 1 N–H and O–H groups in total. The van der Waals surface area contributed by atoms with Crippen LogP contribution in [0.15, 0.2) is 30.6 Å². The van der Waals surface area contributed by atoms with Crippen molar-refractivity contribution < 1.29 is 18.0 Å². The number of nitrogens with zero attached hydrogens (tertiary/aromatic N) is 3. The molecule has 0 radical (unpaired) electrons. The number of nitrogens with one attached hydrogen (secondary N) is 1. The number of hydrogen-bond donors (Lipinski definition) is 1. The molecule has 2 heterocycles. The zero-order chi connectivity index (χ0) is 24.2. The molecule has 186 valence electrons. The Morgan fingerprint density at radius 2 is 1.74 bits per heavy atom. The van der Waals surface area contributed by atoms with Gasteiger partial charge in [-0.25, -0.2) is 9.97 Å². The summed E-state index contributed by atoms with van der Waals surface area (Å²) >= 11 is 0. The number of rotatable bonds is 5. The number of fused-ring (bicyclic) bond motifs is 1. The van der Waals surface area contributed by atoms with Crippen LogP contribution in [0.1, 0.15) is 67.3 Å². The van der Waals surface area contributed by atoms with Crippen LogP contribution >= 0.6 is 0 Å². The van der Waals surface area contributed by atoms with Crippen LogP contribution in [-0.4, -0.2) is 27.3 Å². The van der Waals surface area contributed by atoms with Crippen molar-refractivity contribution in [2.75, 3.05) is 11.9 Å². The highest BCUT2D eigenvalue weighted by molar-refractivity contribution is 5.91. The first-order valence-electron chi connectivity index (χ1n) is 12.8. The Kier molecular flexibility index (Phi) is 5.62. The van der Waals surface area contributed by atoms with Gasteiger partial charge in [-0.2, -0.15) is 13.2 Å². The molecule has 0 saturated heterocycles. The summed E-state index contributed by atoms with van der Waals surface area (Å²) in [6.45, 7) is 1.22. The minimum atomic E-state index is -4.37. The van der Waals surface area contributed by atoms with E-state index in [2.05, 4.69) is 15.3 Å². The molecule has 5 nitrogen and oxygen atoms in total. The maximum atomic E-state index is 13.4. The third-order valence-corrected chi connectivity index (χ3v) is 8.76. The largest absolute Gasteiger partial charge is 0.416 e. The third kappa shape index (κ3) is 4.57. The Morgan fingerprint density at radius 3 is 2.43 bits per heavy atom. The van der Waals surface area contributed by atoms with Gasteiger partial charge < -0.3 is 5.32 Å². The maximum absolute atomic E-state index is 13.4. The average molecular weight is 485 g/mol.